The Balaban J connectivity index is 2.06. The molecule has 20 heavy (non-hydrogen) atoms. The maximum atomic E-state index is 5.44. The molecule has 108 valence electrons. The van der Waals surface area contributed by atoms with E-state index in [1.165, 1.54) is 10.9 Å². The molecule has 1 heterocycles. The van der Waals surface area contributed by atoms with Gasteiger partial charge < -0.3 is 13.3 Å². The van der Waals surface area contributed by atoms with Crippen LogP contribution in [-0.2, 0) is 19.7 Å². The lowest BCUT2D eigenvalue weighted by Gasteiger charge is -2.24. The average Bonchev–Trinajstić information content (AvgIpc) is 2.52. The molecule has 5 heteroatoms. The molecule has 0 atom stereocenters. The van der Waals surface area contributed by atoms with Crippen molar-refractivity contribution in [1.82, 2.24) is 4.98 Å². The Kier molecular flexibility index (Phi) is 5.25. The molecule has 0 unspecified atom stereocenters. The highest BCUT2D eigenvalue weighted by molar-refractivity contribution is 6.60. The minimum absolute atomic E-state index is 0.813. The van der Waals surface area contributed by atoms with Gasteiger partial charge in [0, 0.05) is 39.0 Å². The SMILES string of the molecule is CO[Si](CCCc1cccc2ncccc12)(OC)OC. The van der Waals surface area contributed by atoms with E-state index in [2.05, 4.69) is 23.2 Å². The normalized spacial score (nSPS) is 11.9. The Hall–Kier alpha value is -1.27. The second-order valence-corrected chi connectivity index (χ2v) is 7.73. The summed E-state index contributed by atoms with van der Waals surface area (Å²) in [6, 6.07) is 11.2. The first-order valence-electron chi connectivity index (χ1n) is 6.73. The zero-order valence-electron chi connectivity index (χ0n) is 12.3. The van der Waals surface area contributed by atoms with E-state index in [9.17, 15) is 0 Å². The average molecular weight is 291 g/mol. The van der Waals surface area contributed by atoms with Crippen LogP contribution in [0.25, 0.3) is 10.9 Å². The first-order chi connectivity index (χ1) is 9.74. The number of benzene rings is 1. The number of pyridine rings is 1. The Morgan fingerprint density at radius 2 is 1.75 bits per heavy atom. The maximum Gasteiger partial charge on any atom is 0.500 e. The van der Waals surface area contributed by atoms with Crippen LogP contribution in [0, 0.1) is 0 Å². The summed E-state index contributed by atoms with van der Waals surface area (Å²) in [6.07, 6.45) is 3.76. The predicted molar refractivity (Wildman–Crippen MR) is 81.7 cm³/mol. The molecular weight excluding hydrogens is 270 g/mol. The van der Waals surface area contributed by atoms with Crippen LogP contribution in [0.3, 0.4) is 0 Å². The molecule has 2 aromatic rings. The van der Waals surface area contributed by atoms with Gasteiger partial charge in [0.25, 0.3) is 0 Å². The summed E-state index contributed by atoms with van der Waals surface area (Å²) < 4.78 is 16.3. The Bertz CT molecular complexity index is 544. The Morgan fingerprint density at radius 1 is 1.00 bits per heavy atom. The minimum Gasteiger partial charge on any atom is -0.377 e. The van der Waals surface area contributed by atoms with Crippen molar-refractivity contribution in [1.29, 1.82) is 0 Å². The van der Waals surface area contributed by atoms with E-state index in [1.807, 2.05) is 18.3 Å². The zero-order chi connectivity index (χ0) is 14.4. The van der Waals surface area contributed by atoms with Crippen molar-refractivity contribution < 1.29 is 13.3 Å². The van der Waals surface area contributed by atoms with Gasteiger partial charge in [-0.15, -0.1) is 0 Å². The third-order valence-corrected chi connectivity index (χ3v) is 6.43. The zero-order valence-corrected chi connectivity index (χ0v) is 13.3. The molecule has 0 N–H and O–H groups in total. The van der Waals surface area contributed by atoms with Gasteiger partial charge in [-0.2, -0.15) is 0 Å². The van der Waals surface area contributed by atoms with Crippen molar-refractivity contribution in [2.45, 2.75) is 18.9 Å². The summed E-state index contributed by atoms with van der Waals surface area (Å²) >= 11 is 0. The van der Waals surface area contributed by atoms with Gasteiger partial charge in [-0.3, -0.25) is 4.98 Å². The molecule has 0 aliphatic carbocycles. The first-order valence-corrected chi connectivity index (χ1v) is 8.66. The van der Waals surface area contributed by atoms with Crippen molar-refractivity contribution in [2.75, 3.05) is 21.3 Å². The summed E-state index contributed by atoms with van der Waals surface area (Å²) in [6.45, 7) is 0. The van der Waals surface area contributed by atoms with Gasteiger partial charge in [-0.25, -0.2) is 0 Å². The van der Waals surface area contributed by atoms with Gasteiger partial charge in [0.1, 0.15) is 0 Å². The lowest BCUT2D eigenvalue weighted by atomic mass is 10.0. The van der Waals surface area contributed by atoms with Crippen LogP contribution < -0.4 is 0 Å². The molecular formula is C15H21NO3Si. The molecule has 1 aromatic heterocycles. The van der Waals surface area contributed by atoms with E-state index in [4.69, 9.17) is 13.3 Å². The van der Waals surface area contributed by atoms with Crippen LogP contribution in [0.2, 0.25) is 6.04 Å². The number of rotatable bonds is 7. The monoisotopic (exact) mass is 291 g/mol. The summed E-state index contributed by atoms with van der Waals surface area (Å²) in [4.78, 5) is 4.38. The lowest BCUT2D eigenvalue weighted by Crippen LogP contribution is -2.42. The van der Waals surface area contributed by atoms with Crippen molar-refractivity contribution in [3.8, 4) is 0 Å². The fourth-order valence-electron chi connectivity index (χ4n) is 2.44. The highest BCUT2D eigenvalue weighted by Crippen LogP contribution is 2.21. The Labute approximate surface area is 121 Å². The third kappa shape index (κ3) is 3.24. The maximum absolute atomic E-state index is 5.44. The van der Waals surface area contributed by atoms with E-state index >= 15 is 0 Å². The van der Waals surface area contributed by atoms with Gasteiger partial charge in [0.15, 0.2) is 0 Å². The summed E-state index contributed by atoms with van der Waals surface area (Å²) in [7, 11) is 2.51. The van der Waals surface area contributed by atoms with E-state index < -0.39 is 8.80 Å². The molecule has 0 saturated carbocycles. The van der Waals surface area contributed by atoms with Gasteiger partial charge in [0.2, 0.25) is 0 Å². The van der Waals surface area contributed by atoms with Crippen molar-refractivity contribution in [3.05, 3.63) is 42.1 Å². The highest BCUT2D eigenvalue weighted by Gasteiger charge is 2.36. The number of hydrogen-bond acceptors (Lipinski definition) is 4. The first kappa shape index (κ1) is 15.1. The fraction of sp³-hybridized carbons (Fsp3) is 0.400. The quantitative estimate of drug-likeness (QED) is 0.735. The van der Waals surface area contributed by atoms with Crippen molar-refractivity contribution in [2.24, 2.45) is 0 Å². The van der Waals surface area contributed by atoms with Crippen LogP contribution in [0.1, 0.15) is 12.0 Å². The molecule has 0 bridgehead atoms. The molecule has 0 fully saturated rings. The molecule has 0 saturated heterocycles. The van der Waals surface area contributed by atoms with Crippen molar-refractivity contribution >= 4 is 19.7 Å². The van der Waals surface area contributed by atoms with E-state index in [1.54, 1.807) is 21.3 Å². The summed E-state index contributed by atoms with van der Waals surface area (Å²) in [5.41, 5.74) is 2.35. The second kappa shape index (κ2) is 6.94. The van der Waals surface area contributed by atoms with Gasteiger partial charge in [-0.05, 0) is 30.5 Å². The molecule has 1 aromatic carbocycles. The van der Waals surface area contributed by atoms with Gasteiger partial charge >= 0.3 is 8.80 Å². The molecule has 4 nitrogen and oxygen atoms in total. The largest absolute Gasteiger partial charge is 0.500 e. The summed E-state index contributed by atoms with van der Waals surface area (Å²) in [5.74, 6) is 0. The predicted octanol–water partition coefficient (Wildman–Crippen LogP) is 3.05. The molecule has 0 aliphatic rings. The minimum atomic E-state index is -2.45. The second-order valence-electron chi connectivity index (χ2n) is 4.64. The smallest absolute Gasteiger partial charge is 0.377 e. The molecule has 0 amide bonds. The lowest BCUT2D eigenvalue weighted by molar-refractivity contribution is 0.123. The van der Waals surface area contributed by atoms with E-state index in [-0.39, 0.29) is 0 Å². The van der Waals surface area contributed by atoms with E-state index in [0.717, 1.165) is 24.4 Å². The van der Waals surface area contributed by atoms with Crippen LogP contribution in [0.15, 0.2) is 36.5 Å². The number of aryl methyl sites for hydroxylation is 1. The number of fused-ring (bicyclic) bond motifs is 1. The topological polar surface area (TPSA) is 40.6 Å². The fourth-order valence-corrected chi connectivity index (χ4v) is 4.16. The number of aromatic nitrogens is 1. The molecule has 0 spiro atoms. The molecule has 0 aliphatic heterocycles. The van der Waals surface area contributed by atoms with Crippen LogP contribution in [-0.4, -0.2) is 35.1 Å². The number of hydrogen-bond donors (Lipinski definition) is 0. The number of nitrogens with zero attached hydrogens (tertiary/aromatic N) is 1. The summed E-state index contributed by atoms with van der Waals surface area (Å²) in [5, 5.41) is 1.22. The van der Waals surface area contributed by atoms with E-state index in [0.29, 0.717) is 0 Å². The Morgan fingerprint density at radius 3 is 2.45 bits per heavy atom. The van der Waals surface area contributed by atoms with Crippen LogP contribution >= 0.6 is 0 Å². The van der Waals surface area contributed by atoms with Gasteiger partial charge in [-0.1, -0.05) is 18.2 Å². The third-order valence-electron chi connectivity index (χ3n) is 3.60. The van der Waals surface area contributed by atoms with Crippen LogP contribution in [0.5, 0.6) is 0 Å². The molecule has 0 radical (unpaired) electrons. The molecule has 2 rings (SSSR count). The van der Waals surface area contributed by atoms with Crippen LogP contribution in [0.4, 0.5) is 0 Å². The van der Waals surface area contributed by atoms with Crippen molar-refractivity contribution in [3.63, 3.8) is 0 Å². The standard InChI is InChI=1S/C15H21NO3Si/c1-17-20(18-2,19-3)12-6-8-13-7-4-10-15-14(13)9-5-11-16-15/h4-5,7,9-11H,6,8,12H2,1-3H3. The highest BCUT2D eigenvalue weighted by atomic mass is 28.4. The van der Waals surface area contributed by atoms with Gasteiger partial charge in [0.05, 0.1) is 5.52 Å².